The molecule has 0 saturated carbocycles. The lowest BCUT2D eigenvalue weighted by Crippen LogP contribution is -1.99. The Morgan fingerprint density at radius 1 is 0.857 bits per heavy atom. The van der Waals surface area contributed by atoms with Gasteiger partial charge in [0.1, 0.15) is 17.2 Å². The third-order valence-electron chi connectivity index (χ3n) is 3.19. The monoisotopic (exact) mass is 370 g/mol. The topological polar surface area (TPSA) is 27.7 Å². The van der Waals surface area contributed by atoms with E-state index in [0.29, 0.717) is 5.75 Å². The SMILES string of the molecule is COc1ccc(C(Cl)c2ccc(OC)cc2OC)c(Br)c1. The quantitative estimate of drug-likeness (QED) is 0.706. The van der Waals surface area contributed by atoms with Crippen LogP contribution in [0.5, 0.6) is 17.2 Å². The Morgan fingerprint density at radius 2 is 1.43 bits per heavy atom. The fourth-order valence-corrected chi connectivity index (χ4v) is 3.12. The van der Waals surface area contributed by atoms with E-state index >= 15 is 0 Å². The van der Waals surface area contributed by atoms with Gasteiger partial charge >= 0.3 is 0 Å². The lowest BCUT2D eigenvalue weighted by molar-refractivity contribution is 0.391. The number of alkyl halides is 1. The zero-order chi connectivity index (χ0) is 15.4. The molecular weight excluding hydrogens is 356 g/mol. The number of methoxy groups -OCH3 is 3. The van der Waals surface area contributed by atoms with Gasteiger partial charge in [-0.15, -0.1) is 11.6 Å². The Kier molecular flexibility index (Phi) is 5.37. The summed E-state index contributed by atoms with van der Waals surface area (Å²) < 4.78 is 16.7. The number of halogens is 2. The van der Waals surface area contributed by atoms with E-state index in [9.17, 15) is 0 Å². The van der Waals surface area contributed by atoms with Crippen molar-refractivity contribution < 1.29 is 14.2 Å². The summed E-state index contributed by atoms with van der Waals surface area (Å²) in [5.41, 5.74) is 1.83. The summed E-state index contributed by atoms with van der Waals surface area (Å²) in [5, 5.41) is -0.342. The molecule has 0 radical (unpaired) electrons. The maximum absolute atomic E-state index is 6.62. The van der Waals surface area contributed by atoms with Crippen molar-refractivity contribution in [3.05, 3.63) is 52.0 Å². The smallest absolute Gasteiger partial charge is 0.127 e. The van der Waals surface area contributed by atoms with Crippen LogP contribution < -0.4 is 14.2 Å². The fraction of sp³-hybridized carbons (Fsp3) is 0.250. The van der Waals surface area contributed by atoms with E-state index in [-0.39, 0.29) is 5.38 Å². The zero-order valence-electron chi connectivity index (χ0n) is 12.0. The molecule has 5 heteroatoms. The molecule has 3 nitrogen and oxygen atoms in total. The molecule has 0 N–H and O–H groups in total. The normalized spacial score (nSPS) is 11.9. The predicted molar refractivity (Wildman–Crippen MR) is 87.9 cm³/mol. The molecule has 1 atom stereocenters. The van der Waals surface area contributed by atoms with Gasteiger partial charge in [-0.1, -0.05) is 22.0 Å². The van der Waals surface area contributed by atoms with Gasteiger partial charge in [0.2, 0.25) is 0 Å². The minimum absolute atomic E-state index is 0.342. The van der Waals surface area contributed by atoms with Crippen LogP contribution in [0.3, 0.4) is 0 Å². The molecule has 0 amide bonds. The number of hydrogen-bond donors (Lipinski definition) is 0. The van der Waals surface area contributed by atoms with Crippen LogP contribution in [0.4, 0.5) is 0 Å². The molecule has 2 rings (SSSR count). The maximum atomic E-state index is 6.62. The van der Waals surface area contributed by atoms with E-state index in [1.165, 1.54) is 0 Å². The Labute approximate surface area is 137 Å². The van der Waals surface area contributed by atoms with E-state index < -0.39 is 0 Å². The van der Waals surface area contributed by atoms with Crippen LogP contribution in [0, 0.1) is 0 Å². The number of benzene rings is 2. The van der Waals surface area contributed by atoms with Gasteiger partial charge in [0.05, 0.1) is 26.7 Å². The van der Waals surface area contributed by atoms with E-state index in [2.05, 4.69) is 15.9 Å². The number of ether oxygens (including phenoxy) is 3. The average Bonchev–Trinajstić information content (AvgIpc) is 2.53. The second-order valence-corrected chi connectivity index (χ2v) is 5.65. The van der Waals surface area contributed by atoms with Gasteiger partial charge in [-0.2, -0.15) is 0 Å². The van der Waals surface area contributed by atoms with Crippen molar-refractivity contribution in [2.45, 2.75) is 5.38 Å². The highest BCUT2D eigenvalue weighted by molar-refractivity contribution is 9.10. The van der Waals surface area contributed by atoms with Crippen molar-refractivity contribution in [2.24, 2.45) is 0 Å². The van der Waals surface area contributed by atoms with Crippen LogP contribution in [0.15, 0.2) is 40.9 Å². The highest BCUT2D eigenvalue weighted by atomic mass is 79.9. The highest BCUT2D eigenvalue weighted by Gasteiger charge is 2.19. The molecule has 112 valence electrons. The lowest BCUT2D eigenvalue weighted by atomic mass is 10.0. The van der Waals surface area contributed by atoms with Crippen LogP contribution >= 0.6 is 27.5 Å². The molecule has 0 heterocycles. The second kappa shape index (κ2) is 7.05. The van der Waals surface area contributed by atoms with Crippen LogP contribution in [0.1, 0.15) is 16.5 Å². The Hall–Kier alpha value is -1.39. The molecule has 0 aliphatic heterocycles. The first-order valence-corrected chi connectivity index (χ1v) is 7.53. The molecule has 0 fully saturated rings. The zero-order valence-corrected chi connectivity index (χ0v) is 14.4. The van der Waals surface area contributed by atoms with E-state index in [4.69, 9.17) is 25.8 Å². The minimum Gasteiger partial charge on any atom is -0.497 e. The van der Waals surface area contributed by atoms with Crippen LogP contribution in [0.2, 0.25) is 0 Å². The van der Waals surface area contributed by atoms with Crippen molar-refractivity contribution in [1.82, 2.24) is 0 Å². The molecule has 2 aromatic rings. The van der Waals surface area contributed by atoms with Gasteiger partial charge in [-0.25, -0.2) is 0 Å². The van der Waals surface area contributed by atoms with Gasteiger partial charge < -0.3 is 14.2 Å². The van der Waals surface area contributed by atoms with E-state index in [1.54, 1.807) is 21.3 Å². The van der Waals surface area contributed by atoms with Crippen LogP contribution in [-0.2, 0) is 0 Å². The average molecular weight is 372 g/mol. The molecule has 0 aromatic heterocycles. The van der Waals surface area contributed by atoms with Crippen molar-refractivity contribution in [2.75, 3.05) is 21.3 Å². The first-order valence-electron chi connectivity index (χ1n) is 6.30. The summed E-state index contributed by atoms with van der Waals surface area (Å²) >= 11 is 10.2. The van der Waals surface area contributed by atoms with Gasteiger partial charge in [-0.05, 0) is 29.8 Å². The second-order valence-electron chi connectivity index (χ2n) is 4.36. The third-order valence-corrected chi connectivity index (χ3v) is 4.35. The van der Waals surface area contributed by atoms with Gasteiger partial charge in [-0.3, -0.25) is 0 Å². The van der Waals surface area contributed by atoms with Gasteiger partial charge in [0.15, 0.2) is 0 Å². The largest absolute Gasteiger partial charge is 0.497 e. The molecule has 2 aromatic carbocycles. The lowest BCUT2D eigenvalue weighted by Gasteiger charge is -2.17. The Balaban J connectivity index is 2.42. The molecule has 21 heavy (non-hydrogen) atoms. The summed E-state index contributed by atoms with van der Waals surface area (Å²) in [7, 11) is 4.86. The first-order chi connectivity index (χ1) is 10.1. The summed E-state index contributed by atoms with van der Waals surface area (Å²) in [5.74, 6) is 2.20. The van der Waals surface area contributed by atoms with Gasteiger partial charge in [0, 0.05) is 16.1 Å². The third kappa shape index (κ3) is 3.44. The first kappa shape index (κ1) is 16.0. The maximum Gasteiger partial charge on any atom is 0.127 e. The summed E-state index contributed by atoms with van der Waals surface area (Å²) in [6.45, 7) is 0. The predicted octanol–water partition coefficient (Wildman–Crippen LogP) is 4.80. The van der Waals surface area contributed by atoms with Crippen LogP contribution in [0.25, 0.3) is 0 Å². The Morgan fingerprint density at radius 3 is 1.95 bits per heavy atom. The van der Waals surface area contributed by atoms with Crippen LogP contribution in [-0.4, -0.2) is 21.3 Å². The molecule has 0 spiro atoms. The Bertz CT molecular complexity index is 631. The molecule has 0 aliphatic carbocycles. The van der Waals surface area contributed by atoms with Crippen molar-refractivity contribution in [1.29, 1.82) is 0 Å². The summed E-state index contributed by atoms with van der Waals surface area (Å²) in [6, 6.07) is 11.3. The fourth-order valence-electron chi connectivity index (χ4n) is 2.04. The summed E-state index contributed by atoms with van der Waals surface area (Å²) in [4.78, 5) is 0. The molecular formula is C16H16BrClO3. The van der Waals surface area contributed by atoms with E-state index in [1.807, 2.05) is 36.4 Å². The van der Waals surface area contributed by atoms with Crippen molar-refractivity contribution >= 4 is 27.5 Å². The molecule has 1 unspecified atom stereocenters. The van der Waals surface area contributed by atoms with Crippen molar-refractivity contribution in [3.8, 4) is 17.2 Å². The van der Waals surface area contributed by atoms with E-state index in [0.717, 1.165) is 27.1 Å². The van der Waals surface area contributed by atoms with Gasteiger partial charge in [0.25, 0.3) is 0 Å². The number of rotatable bonds is 5. The highest BCUT2D eigenvalue weighted by Crippen LogP contribution is 2.40. The van der Waals surface area contributed by atoms with Crippen molar-refractivity contribution in [3.63, 3.8) is 0 Å². The summed E-state index contributed by atoms with van der Waals surface area (Å²) in [6.07, 6.45) is 0. The number of hydrogen-bond acceptors (Lipinski definition) is 3. The molecule has 0 bridgehead atoms. The standard InChI is InChI=1S/C16H16BrClO3/c1-19-10-4-6-12(14(17)8-10)16(18)13-7-5-11(20-2)9-15(13)21-3/h4-9,16H,1-3H3. The molecule has 0 saturated heterocycles. The molecule has 0 aliphatic rings. The minimum atomic E-state index is -0.342.